The van der Waals surface area contributed by atoms with E-state index in [0.29, 0.717) is 24.9 Å². The van der Waals surface area contributed by atoms with Gasteiger partial charge in [0.2, 0.25) is 26.6 Å². The summed E-state index contributed by atoms with van der Waals surface area (Å²) in [4.78, 5) is 9.86. The van der Waals surface area contributed by atoms with Crippen molar-refractivity contribution in [2.45, 2.75) is 16.5 Å². The van der Waals surface area contributed by atoms with Crippen LogP contribution in [0.4, 0.5) is 5.88 Å². The highest BCUT2D eigenvalue weighted by Gasteiger charge is 2.32. The molecule has 1 aliphatic heterocycles. The van der Waals surface area contributed by atoms with Crippen molar-refractivity contribution < 1.29 is 12.8 Å². The van der Waals surface area contributed by atoms with Crippen LogP contribution in [0.25, 0.3) is 10.8 Å². The van der Waals surface area contributed by atoms with Crippen LogP contribution in [-0.4, -0.2) is 44.5 Å². The summed E-state index contributed by atoms with van der Waals surface area (Å²) in [5, 5.41) is 1.91. The van der Waals surface area contributed by atoms with Crippen LogP contribution in [0.15, 0.2) is 92.5 Å². The van der Waals surface area contributed by atoms with Crippen molar-refractivity contribution >= 4 is 27.1 Å². The molecule has 5 rings (SSSR count). The molecule has 0 saturated carbocycles. The van der Waals surface area contributed by atoms with E-state index in [0.717, 1.165) is 24.5 Å². The van der Waals surface area contributed by atoms with Crippen molar-refractivity contribution in [3.05, 3.63) is 83.7 Å². The minimum absolute atomic E-state index is 0.0105. The van der Waals surface area contributed by atoms with Gasteiger partial charge in [-0.3, -0.25) is 4.90 Å². The lowest BCUT2D eigenvalue weighted by Gasteiger charge is -2.34. The molecule has 1 fully saturated rings. The normalized spacial score (nSPS) is 15.2. The molecule has 8 heteroatoms. The van der Waals surface area contributed by atoms with E-state index in [2.05, 4.69) is 22.0 Å². The second-order valence-electron chi connectivity index (χ2n) is 7.67. The van der Waals surface area contributed by atoms with Crippen molar-refractivity contribution in [1.82, 2.24) is 9.88 Å². The van der Waals surface area contributed by atoms with Gasteiger partial charge in [-0.25, -0.2) is 8.42 Å². The largest absolute Gasteiger partial charge is 0.418 e. The highest BCUT2D eigenvalue weighted by molar-refractivity contribution is 7.91. The van der Waals surface area contributed by atoms with Gasteiger partial charge in [0.15, 0.2) is 0 Å². The van der Waals surface area contributed by atoms with E-state index in [4.69, 9.17) is 4.42 Å². The topological polar surface area (TPSA) is 66.7 Å². The van der Waals surface area contributed by atoms with Gasteiger partial charge in [0.1, 0.15) is 0 Å². The lowest BCUT2D eigenvalue weighted by molar-refractivity contribution is 0.245. The Hall–Kier alpha value is -2.94. The van der Waals surface area contributed by atoms with Crippen LogP contribution in [0.3, 0.4) is 0 Å². The number of thiophene rings is 1. The Balaban J connectivity index is 1.43. The Kier molecular flexibility index (Phi) is 5.82. The van der Waals surface area contributed by atoms with E-state index in [1.807, 2.05) is 40.6 Å². The van der Waals surface area contributed by atoms with Crippen molar-refractivity contribution in [3.8, 4) is 10.8 Å². The van der Waals surface area contributed by atoms with E-state index >= 15 is 0 Å². The predicted molar refractivity (Wildman–Crippen MR) is 126 cm³/mol. The number of sulfone groups is 1. The van der Waals surface area contributed by atoms with Crippen LogP contribution in [-0.2, 0) is 16.4 Å². The standard InChI is InChI=1S/C24H23N3O3S2/c28-32(29,20-10-5-2-6-11-20)23-24(30-22(25-23)21-12-7-17-31-21)27-15-13-26(14-16-27)18-19-8-3-1-4-9-19/h1-12,17H,13-16,18H2. The fraction of sp³-hybridized carbons (Fsp3) is 0.208. The molecular formula is C24H23N3O3S2. The van der Waals surface area contributed by atoms with Crippen molar-refractivity contribution in [1.29, 1.82) is 0 Å². The van der Waals surface area contributed by atoms with Gasteiger partial charge in [0.05, 0.1) is 9.77 Å². The Morgan fingerprint density at radius 2 is 1.56 bits per heavy atom. The lowest BCUT2D eigenvalue weighted by Crippen LogP contribution is -2.46. The summed E-state index contributed by atoms with van der Waals surface area (Å²) in [6.45, 7) is 3.84. The van der Waals surface area contributed by atoms with Gasteiger partial charge < -0.3 is 9.32 Å². The molecule has 32 heavy (non-hydrogen) atoms. The van der Waals surface area contributed by atoms with E-state index in [1.165, 1.54) is 16.9 Å². The monoisotopic (exact) mass is 465 g/mol. The summed E-state index contributed by atoms with van der Waals surface area (Å²) in [5.41, 5.74) is 1.27. The van der Waals surface area contributed by atoms with Crippen LogP contribution in [0, 0.1) is 0 Å². The lowest BCUT2D eigenvalue weighted by atomic mass is 10.2. The van der Waals surface area contributed by atoms with Crippen LogP contribution in [0.1, 0.15) is 5.56 Å². The number of benzene rings is 2. The van der Waals surface area contributed by atoms with Gasteiger partial charge in [-0.15, -0.1) is 11.3 Å². The van der Waals surface area contributed by atoms with Gasteiger partial charge in [0, 0.05) is 32.7 Å². The molecule has 3 heterocycles. The van der Waals surface area contributed by atoms with E-state index < -0.39 is 9.84 Å². The second-order valence-corrected chi connectivity index (χ2v) is 10.5. The molecule has 0 aliphatic carbocycles. The predicted octanol–water partition coefficient (Wildman–Crippen LogP) is 4.56. The number of rotatable bonds is 6. The van der Waals surface area contributed by atoms with Gasteiger partial charge in [0.25, 0.3) is 0 Å². The number of aromatic nitrogens is 1. The summed E-state index contributed by atoms with van der Waals surface area (Å²) in [6.07, 6.45) is 0. The van der Waals surface area contributed by atoms with Crippen LogP contribution in [0.5, 0.6) is 0 Å². The molecule has 1 aliphatic rings. The van der Waals surface area contributed by atoms with Crippen LogP contribution >= 0.6 is 11.3 Å². The Morgan fingerprint density at radius 3 is 2.22 bits per heavy atom. The van der Waals surface area contributed by atoms with E-state index in [9.17, 15) is 8.42 Å². The summed E-state index contributed by atoms with van der Waals surface area (Å²) in [5.74, 6) is 0.674. The number of nitrogens with zero attached hydrogens (tertiary/aromatic N) is 3. The minimum atomic E-state index is -3.81. The van der Waals surface area contributed by atoms with E-state index in [-0.39, 0.29) is 9.92 Å². The molecule has 2 aromatic carbocycles. The summed E-state index contributed by atoms with van der Waals surface area (Å²) < 4.78 is 32.9. The molecular weight excluding hydrogens is 442 g/mol. The first-order chi connectivity index (χ1) is 15.6. The summed E-state index contributed by atoms with van der Waals surface area (Å²) in [7, 11) is -3.81. The van der Waals surface area contributed by atoms with Gasteiger partial charge in [-0.1, -0.05) is 54.6 Å². The fourth-order valence-corrected chi connectivity index (χ4v) is 5.83. The maximum Gasteiger partial charge on any atom is 0.240 e. The Bertz CT molecular complexity index is 1260. The quantitative estimate of drug-likeness (QED) is 0.416. The second kappa shape index (κ2) is 8.90. The fourth-order valence-electron chi connectivity index (χ4n) is 3.84. The number of oxazole rings is 1. The zero-order valence-electron chi connectivity index (χ0n) is 17.4. The summed E-state index contributed by atoms with van der Waals surface area (Å²) >= 11 is 1.47. The SMILES string of the molecule is O=S(=O)(c1ccccc1)c1nc(-c2cccs2)oc1N1CCN(Cc2ccccc2)CC1. The molecule has 6 nitrogen and oxygen atoms in total. The molecule has 0 N–H and O–H groups in total. The molecule has 0 radical (unpaired) electrons. The smallest absolute Gasteiger partial charge is 0.240 e. The molecule has 0 amide bonds. The van der Waals surface area contributed by atoms with Gasteiger partial charge >= 0.3 is 0 Å². The maximum absolute atomic E-state index is 13.4. The molecule has 0 unspecified atom stereocenters. The highest BCUT2D eigenvalue weighted by atomic mass is 32.2. The third-order valence-corrected chi connectivity index (χ3v) is 8.05. The number of hydrogen-bond donors (Lipinski definition) is 0. The first-order valence-electron chi connectivity index (χ1n) is 10.5. The van der Waals surface area contributed by atoms with Gasteiger partial charge in [-0.2, -0.15) is 4.98 Å². The molecule has 0 bridgehead atoms. The molecule has 2 aromatic heterocycles. The third kappa shape index (κ3) is 4.21. The van der Waals surface area contributed by atoms with Gasteiger partial charge in [-0.05, 0) is 29.1 Å². The first-order valence-corrected chi connectivity index (χ1v) is 12.8. The maximum atomic E-state index is 13.4. The van der Waals surface area contributed by atoms with Crippen LogP contribution in [0.2, 0.25) is 0 Å². The van der Waals surface area contributed by atoms with E-state index in [1.54, 1.807) is 30.3 Å². The average molecular weight is 466 g/mol. The van der Waals surface area contributed by atoms with Crippen molar-refractivity contribution in [3.63, 3.8) is 0 Å². The van der Waals surface area contributed by atoms with Crippen molar-refractivity contribution in [2.24, 2.45) is 0 Å². The molecule has 164 valence electrons. The molecule has 0 spiro atoms. The number of piperazine rings is 1. The summed E-state index contributed by atoms with van der Waals surface area (Å²) in [6, 6.07) is 22.6. The number of anilines is 1. The average Bonchev–Trinajstić information content (AvgIpc) is 3.52. The molecule has 4 aromatic rings. The zero-order valence-corrected chi connectivity index (χ0v) is 19.1. The molecule has 0 atom stereocenters. The Morgan fingerprint density at radius 1 is 0.875 bits per heavy atom. The zero-order chi connectivity index (χ0) is 22.0. The Labute approximate surface area is 191 Å². The number of hydrogen-bond acceptors (Lipinski definition) is 7. The molecule has 1 saturated heterocycles. The minimum Gasteiger partial charge on any atom is -0.418 e. The van der Waals surface area contributed by atoms with Crippen molar-refractivity contribution in [2.75, 3.05) is 31.1 Å². The highest BCUT2D eigenvalue weighted by Crippen LogP contribution is 2.36. The third-order valence-electron chi connectivity index (χ3n) is 5.53. The first kappa shape index (κ1) is 20.9. The van der Waals surface area contributed by atoms with Crippen LogP contribution < -0.4 is 4.90 Å².